The van der Waals surface area contributed by atoms with E-state index in [1.807, 2.05) is 0 Å². The van der Waals surface area contributed by atoms with Crippen LogP contribution in [0.5, 0.6) is 0 Å². The Morgan fingerprint density at radius 2 is 1.42 bits per heavy atom. The van der Waals surface area contributed by atoms with Crippen LogP contribution >= 0.6 is 0 Å². The van der Waals surface area contributed by atoms with Crippen molar-refractivity contribution in [2.45, 2.75) is 9.99 Å². The number of sulfone groups is 1. The van der Waals surface area contributed by atoms with Crippen LogP contribution in [0.25, 0.3) is 0 Å². The first-order valence-electron chi connectivity index (χ1n) is 7.56. The lowest BCUT2D eigenvalue weighted by molar-refractivity contribution is 0.0976. The minimum atomic E-state index is -4.23. The Bertz CT molecular complexity index is 1200. The lowest BCUT2D eigenvalue weighted by Crippen LogP contribution is -2.23. The molecular weight excluding hydrogens is 356 g/mol. The van der Waals surface area contributed by atoms with Gasteiger partial charge in [-0.2, -0.15) is 0 Å². The van der Waals surface area contributed by atoms with Gasteiger partial charge in [0.05, 0.1) is 10.5 Å². The summed E-state index contributed by atoms with van der Waals surface area (Å²) >= 11 is 0. The van der Waals surface area contributed by atoms with Crippen LogP contribution in [-0.4, -0.2) is 26.3 Å². The van der Waals surface area contributed by atoms with Crippen LogP contribution in [0.2, 0.25) is 0 Å². The van der Waals surface area contributed by atoms with Gasteiger partial charge in [-0.3, -0.25) is 14.4 Å². The topological polar surface area (TPSA) is 98.5 Å². The summed E-state index contributed by atoms with van der Waals surface area (Å²) in [4.78, 5) is 36.0. The van der Waals surface area contributed by atoms with Crippen molar-refractivity contribution >= 4 is 27.7 Å². The van der Waals surface area contributed by atoms with E-state index in [9.17, 15) is 22.8 Å². The molecule has 0 bridgehead atoms. The molecule has 0 atom stereocenters. The SMILES string of the molecule is O=Cc1ccc(S(=O)(=O)c2cccc3c2C(=O)c2ccccc2C3=O)o1. The number of rotatable bonds is 3. The van der Waals surface area contributed by atoms with E-state index in [0.29, 0.717) is 6.29 Å². The van der Waals surface area contributed by atoms with Gasteiger partial charge in [-0.1, -0.05) is 36.4 Å². The first-order valence-corrected chi connectivity index (χ1v) is 9.05. The molecule has 26 heavy (non-hydrogen) atoms. The van der Waals surface area contributed by atoms with Crippen molar-refractivity contribution in [2.75, 3.05) is 0 Å². The van der Waals surface area contributed by atoms with E-state index in [2.05, 4.69) is 0 Å². The maximum atomic E-state index is 12.9. The maximum Gasteiger partial charge on any atom is 0.240 e. The number of furan rings is 1. The Morgan fingerprint density at radius 1 is 0.769 bits per heavy atom. The second kappa shape index (κ2) is 5.60. The summed E-state index contributed by atoms with van der Waals surface area (Å²) in [6.07, 6.45) is 0.379. The van der Waals surface area contributed by atoms with Crippen molar-refractivity contribution in [3.8, 4) is 0 Å². The number of aldehydes is 1. The Hall–Kier alpha value is -3.32. The van der Waals surface area contributed by atoms with Gasteiger partial charge in [-0.25, -0.2) is 8.42 Å². The summed E-state index contributed by atoms with van der Waals surface area (Å²) in [7, 11) is -4.23. The van der Waals surface area contributed by atoms with Crippen molar-refractivity contribution in [3.63, 3.8) is 0 Å². The van der Waals surface area contributed by atoms with Crippen LogP contribution in [0.1, 0.15) is 42.4 Å². The van der Waals surface area contributed by atoms with Crippen LogP contribution in [0.3, 0.4) is 0 Å². The van der Waals surface area contributed by atoms with Gasteiger partial charge in [0.25, 0.3) is 0 Å². The number of carbonyl (C=O) groups is 3. The molecule has 1 aliphatic carbocycles. The summed E-state index contributed by atoms with van der Waals surface area (Å²) < 4.78 is 30.9. The van der Waals surface area contributed by atoms with Crippen LogP contribution in [-0.2, 0) is 9.84 Å². The van der Waals surface area contributed by atoms with E-state index >= 15 is 0 Å². The van der Waals surface area contributed by atoms with Crippen LogP contribution in [0, 0.1) is 0 Å². The fourth-order valence-electron chi connectivity index (χ4n) is 2.99. The highest BCUT2D eigenvalue weighted by molar-refractivity contribution is 7.91. The summed E-state index contributed by atoms with van der Waals surface area (Å²) in [5, 5.41) is -0.466. The van der Waals surface area contributed by atoms with Gasteiger partial charge in [-0.05, 0) is 18.2 Å². The number of benzene rings is 2. The van der Waals surface area contributed by atoms with E-state index < -0.39 is 26.5 Å². The van der Waals surface area contributed by atoms with Gasteiger partial charge in [0, 0.05) is 16.7 Å². The molecule has 0 N–H and O–H groups in total. The number of carbonyl (C=O) groups excluding carboxylic acids is 3. The first-order chi connectivity index (χ1) is 12.4. The molecule has 1 aliphatic rings. The lowest BCUT2D eigenvalue weighted by atomic mass is 9.84. The zero-order valence-corrected chi connectivity index (χ0v) is 13.9. The minimum absolute atomic E-state index is 0.0249. The van der Waals surface area contributed by atoms with Gasteiger partial charge in [0.2, 0.25) is 14.9 Å². The van der Waals surface area contributed by atoms with Crippen LogP contribution in [0.15, 0.2) is 69.0 Å². The zero-order valence-electron chi connectivity index (χ0n) is 13.1. The molecule has 0 unspecified atom stereocenters. The quantitative estimate of drug-likeness (QED) is 0.517. The van der Waals surface area contributed by atoms with Crippen molar-refractivity contribution < 1.29 is 27.2 Å². The van der Waals surface area contributed by atoms with Gasteiger partial charge in [0.15, 0.2) is 23.6 Å². The number of fused-ring (bicyclic) bond motifs is 2. The third-order valence-corrected chi connectivity index (χ3v) is 5.86. The molecule has 1 aromatic heterocycles. The van der Waals surface area contributed by atoms with Crippen molar-refractivity contribution in [2.24, 2.45) is 0 Å². The van der Waals surface area contributed by atoms with Crippen LogP contribution in [0.4, 0.5) is 0 Å². The predicted octanol–water partition coefficient (Wildman–Crippen LogP) is 2.70. The molecule has 0 saturated carbocycles. The minimum Gasteiger partial charge on any atom is -0.442 e. The smallest absolute Gasteiger partial charge is 0.240 e. The molecule has 0 fully saturated rings. The second-order valence-corrected chi connectivity index (χ2v) is 7.51. The maximum absolute atomic E-state index is 12.9. The Morgan fingerprint density at radius 3 is 2.08 bits per heavy atom. The van der Waals surface area contributed by atoms with Crippen molar-refractivity contribution in [3.05, 3.63) is 82.6 Å². The zero-order chi connectivity index (χ0) is 18.5. The number of hydrogen-bond donors (Lipinski definition) is 0. The second-order valence-electron chi connectivity index (χ2n) is 5.66. The molecule has 7 heteroatoms. The van der Waals surface area contributed by atoms with Gasteiger partial charge < -0.3 is 4.42 Å². The highest BCUT2D eigenvalue weighted by Gasteiger charge is 2.36. The van der Waals surface area contributed by atoms with Crippen LogP contribution < -0.4 is 0 Å². The highest BCUT2D eigenvalue weighted by atomic mass is 32.2. The lowest BCUT2D eigenvalue weighted by Gasteiger charge is -2.19. The van der Waals surface area contributed by atoms with Gasteiger partial charge in [-0.15, -0.1) is 0 Å². The average molecular weight is 366 g/mol. The summed E-state index contributed by atoms with van der Waals surface area (Å²) in [5.74, 6) is -1.11. The fraction of sp³-hybridized carbons (Fsp3) is 0. The Labute approximate surface area is 148 Å². The van der Waals surface area contributed by atoms with E-state index in [1.165, 1.54) is 36.4 Å². The van der Waals surface area contributed by atoms with Crippen molar-refractivity contribution in [1.82, 2.24) is 0 Å². The molecule has 4 rings (SSSR count). The molecular formula is C19H10O6S. The Balaban J connectivity index is 1.98. The molecule has 0 saturated heterocycles. The third kappa shape index (κ3) is 2.18. The highest BCUT2D eigenvalue weighted by Crippen LogP contribution is 2.34. The normalized spacial score (nSPS) is 13.2. The molecule has 1 heterocycles. The predicted molar refractivity (Wildman–Crippen MR) is 89.3 cm³/mol. The standard InChI is InChI=1S/C19H10O6S/c20-10-11-8-9-16(25-11)26(23,24)15-7-3-6-14-17(15)19(22)13-5-2-1-4-12(13)18(14)21/h1-10H. The monoisotopic (exact) mass is 366 g/mol. The summed E-state index contributed by atoms with van der Waals surface area (Å²) in [6.45, 7) is 0. The number of ketones is 2. The molecule has 6 nitrogen and oxygen atoms in total. The van der Waals surface area contributed by atoms with Crippen molar-refractivity contribution in [1.29, 1.82) is 0 Å². The van der Waals surface area contributed by atoms with E-state index in [-0.39, 0.29) is 32.9 Å². The molecule has 0 amide bonds. The average Bonchev–Trinajstić information content (AvgIpc) is 3.15. The molecule has 2 aromatic carbocycles. The van der Waals surface area contributed by atoms with E-state index in [0.717, 1.165) is 6.07 Å². The first kappa shape index (κ1) is 16.2. The summed E-state index contributed by atoms with van der Waals surface area (Å²) in [5.41, 5.74) is 0.235. The molecule has 0 aliphatic heterocycles. The Kier molecular flexibility index (Phi) is 3.48. The molecule has 128 valence electrons. The fourth-order valence-corrected chi connectivity index (χ4v) is 4.39. The number of hydrogen-bond acceptors (Lipinski definition) is 6. The van der Waals surface area contributed by atoms with E-state index in [4.69, 9.17) is 4.42 Å². The third-order valence-electron chi connectivity index (χ3n) is 4.19. The summed E-state index contributed by atoms with van der Waals surface area (Å²) in [6, 6.07) is 12.7. The molecule has 0 radical (unpaired) electrons. The molecule has 0 spiro atoms. The van der Waals surface area contributed by atoms with E-state index in [1.54, 1.807) is 12.1 Å². The largest absolute Gasteiger partial charge is 0.442 e. The molecule has 3 aromatic rings. The van der Waals surface area contributed by atoms with Gasteiger partial charge in [0.1, 0.15) is 0 Å². The van der Waals surface area contributed by atoms with Gasteiger partial charge >= 0.3 is 0 Å².